The number of benzene rings is 2. The molecular weight excluding hydrogens is 452 g/mol. The molecule has 0 saturated carbocycles. The molecule has 0 amide bonds. The number of para-hydroxylation sites is 1. The highest BCUT2D eigenvalue weighted by molar-refractivity contribution is 7.27. The Morgan fingerprint density at radius 2 is 1.82 bits per heavy atom. The maximum atomic E-state index is 14.6. The molecule has 3 heterocycles. The first-order valence-electron chi connectivity index (χ1n) is 11.1. The maximum absolute atomic E-state index is 14.6. The van der Waals surface area contributed by atoms with E-state index in [0.29, 0.717) is 29.8 Å². The van der Waals surface area contributed by atoms with Gasteiger partial charge in [-0.1, -0.05) is 30.3 Å². The Kier molecular flexibility index (Phi) is 6.16. The summed E-state index contributed by atoms with van der Waals surface area (Å²) in [6, 6.07) is 16.9. The largest absolute Gasteiger partial charge is 0.491 e. The summed E-state index contributed by atoms with van der Waals surface area (Å²) < 4.78 is 23.5. The minimum Gasteiger partial charge on any atom is -0.491 e. The smallest absolute Gasteiger partial charge is 0.251 e. The van der Waals surface area contributed by atoms with Gasteiger partial charge in [-0.3, -0.25) is 9.48 Å². The van der Waals surface area contributed by atoms with Gasteiger partial charge in [-0.25, -0.2) is 9.07 Å². The van der Waals surface area contributed by atoms with E-state index in [4.69, 9.17) is 9.84 Å². The average Bonchev–Trinajstić information content (AvgIpc) is 3.36. The number of halogens is 1. The molecule has 0 bridgehead atoms. The van der Waals surface area contributed by atoms with E-state index < -0.39 is 0 Å². The highest BCUT2D eigenvalue weighted by Crippen LogP contribution is 2.29. The molecule has 0 spiro atoms. The normalized spacial score (nSPS) is 14.4. The lowest BCUT2D eigenvalue weighted by Crippen LogP contribution is -2.36. The third-order valence-corrected chi connectivity index (χ3v) is 6.64. The van der Waals surface area contributed by atoms with Crippen molar-refractivity contribution in [3.63, 3.8) is 0 Å². The molecule has 1 unspecified atom stereocenters. The summed E-state index contributed by atoms with van der Waals surface area (Å²) in [6.07, 6.45) is 4.84. The summed E-state index contributed by atoms with van der Waals surface area (Å²) in [4.78, 5) is 15.2. The van der Waals surface area contributed by atoms with Gasteiger partial charge in [-0.15, -0.1) is 9.24 Å². The standard InChI is InChI=1S/C25H25FN5O2P/c1-33-21-16-30(17-11-14-29(15-12-17)19-8-5-9-22(34)23(19)26)28-24(25(21)32)20-10-13-27-31(20)18-6-3-2-4-7-18/h2-10,13,16-17H,11-12,14-15,34H2,1H3. The van der Waals surface area contributed by atoms with Gasteiger partial charge < -0.3 is 9.64 Å². The van der Waals surface area contributed by atoms with E-state index >= 15 is 0 Å². The van der Waals surface area contributed by atoms with Gasteiger partial charge in [0.15, 0.2) is 17.3 Å². The lowest BCUT2D eigenvalue weighted by atomic mass is 10.0. The monoisotopic (exact) mass is 477 g/mol. The number of nitrogens with zero attached hydrogens (tertiary/aromatic N) is 5. The van der Waals surface area contributed by atoms with Crippen molar-refractivity contribution < 1.29 is 9.13 Å². The first-order valence-corrected chi connectivity index (χ1v) is 11.7. The van der Waals surface area contributed by atoms with Crippen molar-refractivity contribution in [1.82, 2.24) is 19.6 Å². The Bertz CT molecular complexity index is 1360. The summed E-state index contributed by atoms with van der Waals surface area (Å²) >= 11 is 0. The van der Waals surface area contributed by atoms with Crippen molar-refractivity contribution in [2.45, 2.75) is 18.9 Å². The maximum Gasteiger partial charge on any atom is 0.251 e. The van der Waals surface area contributed by atoms with E-state index in [1.54, 1.807) is 29.2 Å². The fourth-order valence-corrected chi connectivity index (χ4v) is 4.65. The first kappa shape index (κ1) is 22.3. The van der Waals surface area contributed by atoms with Crippen LogP contribution in [0.25, 0.3) is 17.1 Å². The molecule has 1 aliphatic heterocycles. The van der Waals surface area contributed by atoms with Gasteiger partial charge >= 0.3 is 0 Å². The van der Waals surface area contributed by atoms with Crippen LogP contribution in [0.5, 0.6) is 5.75 Å². The van der Waals surface area contributed by atoms with E-state index in [2.05, 4.69) is 19.2 Å². The number of piperidine rings is 1. The second-order valence-electron chi connectivity index (χ2n) is 8.22. The number of rotatable bonds is 5. The fourth-order valence-electron chi connectivity index (χ4n) is 4.40. The van der Waals surface area contributed by atoms with Gasteiger partial charge in [-0.2, -0.15) is 10.2 Å². The predicted molar refractivity (Wildman–Crippen MR) is 134 cm³/mol. The van der Waals surface area contributed by atoms with Crippen molar-refractivity contribution >= 4 is 20.2 Å². The number of hydrogen-bond acceptors (Lipinski definition) is 5. The molecular formula is C25H25FN5O2P. The Balaban J connectivity index is 1.46. The fraction of sp³-hybridized carbons (Fsp3) is 0.240. The van der Waals surface area contributed by atoms with Crippen molar-refractivity contribution in [2.24, 2.45) is 0 Å². The molecule has 174 valence electrons. The van der Waals surface area contributed by atoms with Crippen LogP contribution in [-0.2, 0) is 0 Å². The van der Waals surface area contributed by atoms with Crippen LogP contribution in [0.3, 0.4) is 0 Å². The van der Waals surface area contributed by atoms with Crippen LogP contribution in [0.15, 0.2) is 71.8 Å². The van der Waals surface area contributed by atoms with Crippen LogP contribution in [0.1, 0.15) is 18.9 Å². The van der Waals surface area contributed by atoms with E-state index in [0.717, 1.165) is 18.5 Å². The molecule has 4 aromatic rings. The molecule has 5 rings (SSSR count). The number of aromatic nitrogens is 4. The van der Waals surface area contributed by atoms with Crippen LogP contribution < -0.4 is 20.4 Å². The summed E-state index contributed by atoms with van der Waals surface area (Å²) in [5.74, 6) is 0.0283. The molecule has 1 atom stereocenters. The zero-order valence-corrected chi connectivity index (χ0v) is 19.9. The van der Waals surface area contributed by atoms with Crippen LogP contribution in [-0.4, -0.2) is 39.8 Å². The summed E-state index contributed by atoms with van der Waals surface area (Å²) in [7, 11) is 3.93. The molecule has 0 aliphatic carbocycles. The molecule has 7 nitrogen and oxygen atoms in total. The Hall–Kier alpha value is -3.51. The number of hydrogen-bond donors (Lipinski definition) is 0. The lowest BCUT2D eigenvalue weighted by molar-refractivity contribution is 0.345. The molecule has 0 N–H and O–H groups in total. The Morgan fingerprint density at radius 1 is 1.06 bits per heavy atom. The minimum absolute atomic E-state index is 0.0554. The topological polar surface area (TPSA) is 65.2 Å². The van der Waals surface area contributed by atoms with Gasteiger partial charge in [0.1, 0.15) is 0 Å². The molecule has 1 aliphatic rings. The van der Waals surface area contributed by atoms with E-state index in [1.165, 1.54) is 7.11 Å². The van der Waals surface area contributed by atoms with E-state index in [1.807, 2.05) is 47.1 Å². The molecule has 1 saturated heterocycles. The quantitative estimate of drug-likeness (QED) is 0.411. The predicted octanol–water partition coefficient (Wildman–Crippen LogP) is 3.59. The second kappa shape index (κ2) is 9.39. The second-order valence-corrected chi connectivity index (χ2v) is 8.84. The van der Waals surface area contributed by atoms with Crippen LogP contribution in [0.4, 0.5) is 10.1 Å². The first-order chi connectivity index (χ1) is 16.6. The summed E-state index contributed by atoms with van der Waals surface area (Å²) in [5, 5.41) is 9.70. The van der Waals surface area contributed by atoms with Crippen molar-refractivity contribution in [3.05, 3.63) is 83.0 Å². The summed E-state index contributed by atoms with van der Waals surface area (Å²) in [5.41, 5.74) is 2.05. The van der Waals surface area contributed by atoms with E-state index in [9.17, 15) is 9.18 Å². The van der Waals surface area contributed by atoms with Crippen molar-refractivity contribution in [2.75, 3.05) is 25.1 Å². The zero-order valence-electron chi connectivity index (χ0n) is 18.8. The van der Waals surface area contributed by atoms with Crippen LogP contribution >= 0.6 is 9.24 Å². The highest BCUT2D eigenvalue weighted by atomic mass is 31.0. The number of methoxy groups -OCH3 is 1. The summed E-state index contributed by atoms with van der Waals surface area (Å²) in [6.45, 7) is 1.37. The molecule has 2 aromatic carbocycles. The third-order valence-electron chi connectivity index (χ3n) is 6.20. The average molecular weight is 477 g/mol. The van der Waals surface area contributed by atoms with Gasteiger partial charge in [-0.05, 0) is 37.1 Å². The Morgan fingerprint density at radius 3 is 2.56 bits per heavy atom. The minimum atomic E-state index is -0.284. The van der Waals surface area contributed by atoms with Gasteiger partial charge in [0, 0.05) is 18.4 Å². The Labute approximate surface area is 199 Å². The third kappa shape index (κ3) is 4.10. The van der Waals surface area contributed by atoms with Gasteiger partial charge in [0.05, 0.1) is 42.6 Å². The molecule has 0 radical (unpaired) electrons. The SMILES string of the molecule is COc1cn(C2CCN(c3cccc(P)c3F)CC2)nc(-c2ccnn2-c2ccccc2)c1=O. The number of ether oxygens (including phenoxy) is 1. The van der Waals surface area contributed by atoms with Crippen LogP contribution in [0, 0.1) is 5.82 Å². The molecule has 9 heteroatoms. The van der Waals surface area contributed by atoms with Crippen molar-refractivity contribution in [3.8, 4) is 22.8 Å². The van der Waals surface area contributed by atoms with Gasteiger partial charge in [0.25, 0.3) is 5.43 Å². The molecule has 34 heavy (non-hydrogen) atoms. The highest BCUT2D eigenvalue weighted by Gasteiger charge is 2.25. The lowest BCUT2D eigenvalue weighted by Gasteiger charge is -2.34. The van der Waals surface area contributed by atoms with Gasteiger partial charge in [0.2, 0.25) is 0 Å². The van der Waals surface area contributed by atoms with Crippen LogP contribution in [0.2, 0.25) is 0 Å². The molecule has 2 aromatic heterocycles. The van der Waals surface area contributed by atoms with Crippen molar-refractivity contribution in [1.29, 1.82) is 0 Å². The number of anilines is 1. The molecule has 1 fully saturated rings. The zero-order chi connectivity index (χ0) is 23.7. The van der Waals surface area contributed by atoms with E-state index in [-0.39, 0.29) is 28.7 Å².